The highest BCUT2D eigenvalue weighted by Crippen LogP contribution is 2.21. The normalized spacial score (nSPS) is 13.4. The third-order valence-electron chi connectivity index (χ3n) is 13.3. The summed E-state index contributed by atoms with van der Waals surface area (Å²) in [6.07, 6.45) is 18.2. The highest BCUT2D eigenvalue weighted by Gasteiger charge is 2.12. The fraction of sp³-hybridized carbons (Fsp3) is 0.318. The molecule has 12 rings (SSSR count). The standard InChI is InChI=1S/2C11H17ClN4O.2C11H10N2.C7H16N2O.C6H6BrN.C5H6BNO2.C4H2Cl2N2/c2*12-11-14-4-2-10(15-11)13-3-1-5-16-6-8-17-9-7-16;2*12-11-5-1-3-9(7-11)10-4-2-6-13-8-10;8-2-1-3-9-4-6-10-7-5-9;7-5-2-1-3-6(8)4-5;8-6(9)5-2-1-3-7-4-5;5-3-1-2-7-4(6)8-3/h2*2,4H,1,3,5-9H2,(H,13,14,15);2*1-8H,12H2;1-8H2;1-4H,8H2;1-4,8-9H;1-2H. The van der Waals surface area contributed by atoms with E-state index in [9.17, 15) is 0 Å². The number of benzene rings is 3. The van der Waals surface area contributed by atoms with E-state index in [1.807, 2.05) is 122 Å². The number of nitrogens with one attached hydrogen (secondary N) is 2. The minimum Gasteiger partial charge on any atom is -0.423 e. The maximum absolute atomic E-state index is 8.54. The third-order valence-corrected chi connectivity index (χ3v) is 14.6. The number of aromatic nitrogens is 9. The highest BCUT2D eigenvalue weighted by molar-refractivity contribution is 9.10. The van der Waals surface area contributed by atoms with Crippen LogP contribution in [0.25, 0.3) is 22.3 Å². The molecule has 6 aromatic heterocycles. The molecular weight excluding hydrogens is 1360 g/mol. The molecule has 3 saturated heterocycles. The van der Waals surface area contributed by atoms with Gasteiger partial charge in [0.05, 0.1) is 39.6 Å². The first kappa shape index (κ1) is 78.4. The molecule has 0 spiro atoms. The van der Waals surface area contributed by atoms with Gasteiger partial charge in [0.1, 0.15) is 16.8 Å². The van der Waals surface area contributed by atoms with E-state index in [1.165, 1.54) is 12.4 Å². The quantitative estimate of drug-likeness (QED) is 0.0147. The number of nitrogen functional groups attached to an aromatic ring is 3. The van der Waals surface area contributed by atoms with Gasteiger partial charge in [-0.25, -0.2) is 29.9 Å². The van der Waals surface area contributed by atoms with Crippen molar-refractivity contribution in [2.45, 2.75) is 19.3 Å². The summed E-state index contributed by atoms with van der Waals surface area (Å²) in [4.78, 5) is 42.0. The SMILES string of the molecule is Clc1ccnc(Cl)n1.Clc1nccc(NCCCN2CCOCC2)n1.Clc1nccc(NCCCN2CCOCC2)n1.NCCCN1CCOCC1.Nc1cccc(-c2cccnc2)c1.Nc1cccc(-c2cccnc2)c1.Nc1cccc(Br)c1.OB(O)c1cccnc1. The van der Waals surface area contributed by atoms with Crippen LogP contribution in [0, 0.1) is 0 Å². The molecule has 9 heterocycles. The Kier molecular flexibility index (Phi) is 39.9. The topological polar surface area (TPSA) is 322 Å². The molecule has 3 fully saturated rings. The Balaban J connectivity index is 0.000000200. The van der Waals surface area contributed by atoms with E-state index in [0.29, 0.717) is 10.6 Å². The van der Waals surface area contributed by atoms with Crippen LogP contribution in [-0.2, 0) is 14.2 Å². The van der Waals surface area contributed by atoms with Crippen molar-refractivity contribution < 1.29 is 24.3 Å². The monoisotopic (exact) mass is 1440 g/mol. The molecule has 23 nitrogen and oxygen atoms in total. The molecule has 0 unspecified atom stereocenters. The molecule has 3 aliphatic rings. The van der Waals surface area contributed by atoms with Gasteiger partial charge in [-0.05, 0) is 170 Å². The zero-order valence-electron chi connectivity index (χ0n) is 52.9. The van der Waals surface area contributed by atoms with E-state index < -0.39 is 7.12 Å². The van der Waals surface area contributed by atoms with Gasteiger partial charge < -0.3 is 57.8 Å². The second-order valence-corrected chi connectivity index (χ2v) is 22.9. The van der Waals surface area contributed by atoms with Crippen LogP contribution in [0.2, 0.25) is 21.0 Å². The summed E-state index contributed by atoms with van der Waals surface area (Å²) in [5.74, 6) is 1.57. The summed E-state index contributed by atoms with van der Waals surface area (Å²) >= 11 is 25.4. The number of nitrogens with zero attached hydrogens (tertiary/aromatic N) is 12. The number of halogens is 5. The lowest BCUT2D eigenvalue weighted by atomic mass is 9.82. The van der Waals surface area contributed by atoms with E-state index in [1.54, 1.807) is 49.2 Å². The lowest BCUT2D eigenvalue weighted by Gasteiger charge is -2.26. The maximum atomic E-state index is 8.54. The van der Waals surface area contributed by atoms with Crippen LogP contribution in [0.1, 0.15) is 19.3 Å². The van der Waals surface area contributed by atoms with Crippen molar-refractivity contribution in [2.24, 2.45) is 5.73 Å². The molecule has 0 saturated carbocycles. The van der Waals surface area contributed by atoms with E-state index in [-0.39, 0.29) is 15.9 Å². The first-order valence-corrected chi connectivity index (χ1v) is 33.0. The molecule has 506 valence electrons. The van der Waals surface area contributed by atoms with Crippen LogP contribution in [0.15, 0.2) is 188 Å². The average molecular weight is 1440 g/mol. The molecule has 0 radical (unpaired) electrons. The average Bonchev–Trinajstić information content (AvgIpc) is 1.63. The van der Waals surface area contributed by atoms with Crippen molar-refractivity contribution in [1.29, 1.82) is 0 Å². The van der Waals surface area contributed by atoms with Crippen LogP contribution in [-0.4, -0.2) is 195 Å². The lowest BCUT2D eigenvalue weighted by Crippen LogP contribution is -2.37. The van der Waals surface area contributed by atoms with Gasteiger partial charge in [-0.2, -0.15) is 0 Å². The first-order chi connectivity index (χ1) is 46.2. The molecule has 0 aliphatic carbocycles. The summed E-state index contributed by atoms with van der Waals surface area (Å²) in [6, 6.07) is 39.4. The van der Waals surface area contributed by atoms with E-state index in [0.717, 1.165) is 193 Å². The molecular formula is C66H84BBrCl4N18O5. The molecule has 0 amide bonds. The van der Waals surface area contributed by atoms with Gasteiger partial charge in [0.2, 0.25) is 15.9 Å². The largest absolute Gasteiger partial charge is 0.490 e. The Morgan fingerprint density at radius 3 is 1.16 bits per heavy atom. The maximum Gasteiger partial charge on any atom is 0.490 e. The van der Waals surface area contributed by atoms with E-state index in [4.69, 9.17) is 93.6 Å². The molecule has 3 aliphatic heterocycles. The van der Waals surface area contributed by atoms with E-state index >= 15 is 0 Å². The van der Waals surface area contributed by atoms with Crippen LogP contribution >= 0.6 is 62.3 Å². The third kappa shape index (κ3) is 36.4. The number of rotatable bonds is 16. The number of anilines is 5. The molecule has 9 aromatic rings. The zero-order valence-corrected chi connectivity index (χ0v) is 57.5. The molecule has 12 N–H and O–H groups in total. The number of hydrogen-bond donors (Lipinski definition) is 8. The number of morpholine rings is 3. The van der Waals surface area contributed by atoms with Crippen LogP contribution in [0.5, 0.6) is 0 Å². The minimum absolute atomic E-state index is 0.178. The van der Waals surface area contributed by atoms with Crippen molar-refractivity contribution in [3.8, 4) is 22.3 Å². The second kappa shape index (κ2) is 48.4. The minimum atomic E-state index is -1.40. The van der Waals surface area contributed by atoms with E-state index in [2.05, 4.69) is 86.1 Å². The Bertz CT molecular complexity index is 3210. The van der Waals surface area contributed by atoms with Gasteiger partial charge >= 0.3 is 7.12 Å². The Labute approximate surface area is 585 Å². The fourth-order valence-electron chi connectivity index (χ4n) is 8.55. The van der Waals surface area contributed by atoms with Crippen molar-refractivity contribution in [3.63, 3.8) is 0 Å². The first-order valence-electron chi connectivity index (χ1n) is 30.7. The van der Waals surface area contributed by atoms with Gasteiger partial charge in [-0.3, -0.25) is 29.7 Å². The van der Waals surface area contributed by atoms with Crippen LogP contribution in [0.4, 0.5) is 28.7 Å². The molecule has 29 heteroatoms. The van der Waals surface area contributed by atoms with Gasteiger partial charge in [0, 0.05) is 146 Å². The van der Waals surface area contributed by atoms with Crippen molar-refractivity contribution in [1.82, 2.24) is 59.6 Å². The smallest absolute Gasteiger partial charge is 0.423 e. The molecule has 0 bridgehead atoms. The van der Waals surface area contributed by atoms with Gasteiger partial charge in [-0.1, -0.05) is 76.1 Å². The Hall–Kier alpha value is -7.31. The van der Waals surface area contributed by atoms with Crippen LogP contribution in [0.3, 0.4) is 0 Å². The summed E-state index contributed by atoms with van der Waals surface area (Å²) < 4.78 is 16.8. The predicted molar refractivity (Wildman–Crippen MR) is 389 cm³/mol. The summed E-state index contributed by atoms with van der Waals surface area (Å²) in [5.41, 5.74) is 29.3. The lowest BCUT2D eigenvalue weighted by molar-refractivity contribution is 0.0377. The number of pyridine rings is 3. The molecule has 0 atom stereocenters. The van der Waals surface area contributed by atoms with Gasteiger partial charge in [0.25, 0.3) is 0 Å². The number of hydrogen-bond acceptors (Lipinski definition) is 23. The predicted octanol–water partition coefficient (Wildman–Crippen LogP) is 9.43. The summed E-state index contributed by atoms with van der Waals surface area (Å²) in [5, 5.41) is 24.6. The summed E-state index contributed by atoms with van der Waals surface area (Å²) in [6.45, 7) is 17.5. The fourth-order valence-corrected chi connectivity index (χ4v) is 9.59. The summed E-state index contributed by atoms with van der Waals surface area (Å²) in [7, 11) is -1.40. The number of ether oxygens (including phenoxy) is 3. The number of nitrogens with two attached hydrogens (primary N) is 4. The van der Waals surface area contributed by atoms with Gasteiger partial charge in [-0.15, -0.1) is 0 Å². The Morgan fingerprint density at radius 2 is 0.842 bits per heavy atom. The van der Waals surface area contributed by atoms with Crippen molar-refractivity contribution in [3.05, 3.63) is 209 Å². The molecule has 3 aromatic carbocycles. The zero-order chi connectivity index (χ0) is 67.9. The van der Waals surface area contributed by atoms with Crippen LogP contribution < -0.4 is 39.0 Å². The highest BCUT2D eigenvalue weighted by atomic mass is 79.9. The van der Waals surface area contributed by atoms with Gasteiger partial charge in [0.15, 0.2) is 0 Å². The second-order valence-electron chi connectivity index (χ2n) is 20.6. The molecule has 95 heavy (non-hydrogen) atoms. The van der Waals surface area contributed by atoms with Crippen molar-refractivity contribution in [2.75, 3.05) is 146 Å². The van der Waals surface area contributed by atoms with Crippen molar-refractivity contribution >= 4 is 104 Å². The Morgan fingerprint density at radius 1 is 0.453 bits per heavy atom.